The molecule has 1 aliphatic rings. The second-order valence-electron chi connectivity index (χ2n) is 8.40. The Bertz CT molecular complexity index is 1490. The van der Waals surface area contributed by atoms with Crippen molar-refractivity contribution in [2.45, 2.75) is 51.7 Å². The summed E-state index contributed by atoms with van der Waals surface area (Å²) < 4.78 is 7.34. The fraction of sp³-hybridized carbons (Fsp3) is 0.320. The number of para-hydroxylation sites is 1. The van der Waals surface area contributed by atoms with E-state index in [9.17, 15) is 14.4 Å². The van der Waals surface area contributed by atoms with E-state index in [-0.39, 0.29) is 16.9 Å². The van der Waals surface area contributed by atoms with Crippen molar-refractivity contribution >= 4 is 27.8 Å². The Kier molecular flexibility index (Phi) is 5.50. The smallest absolute Gasteiger partial charge is 0.338 e. The van der Waals surface area contributed by atoms with E-state index in [1.807, 2.05) is 0 Å². The van der Waals surface area contributed by atoms with Gasteiger partial charge in [0.2, 0.25) is 0 Å². The van der Waals surface area contributed by atoms with E-state index in [0.29, 0.717) is 33.9 Å². The van der Waals surface area contributed by atoms with Crippen molar-refractivity contribution in [2.24, 2.45) is 0 Å². The standard InChI is InChI=1S/C25H24N4O4/c1-15(22-27-19-9-6-5-8-17(19)23(30)28-22)33-25(32)16-11-12-18-20(14-16)26-21-10-4-2-3-7-13-29(21)24(18)31/h5-6,8-9,11-12,14-15H,2-4,7,10,13H2,1H3,(H,27,28,30). The Morgan fingerprint density at radius 1 is 1.00 bits per heavy atom. The van der Waals surface area contributed by atoms with Crippen molar-refractivity contribution in [1.29, 1.82) is 0 Å². The van der Waals surface area contributed by atoms with Crippen LogP contribution in [0.4, 0.5) is 0 Å². The summed E-state index contributed by atoms with van der Waals surface area (Å²) in [5.74, 6) is 0.462. The Balaban J connectivity index is 1.44. The van der Waals surface area contributed by atoms with Crippen LogP contribution < -0.4 is 11.1 Å². The summed E-state index contributed by atoms with van der Waals surface area (Å²) in [6.45, 7) is 2.33. The average Bonchev–Trinajstić information content (AvgIpc) is 2.80. The van der Waals surface area contributed by atoms with E-state index in [0.717, 1.165) is 37.9 Å². The summed E-state index contributed by atoms with van der Waals surface area (Å²) >= 11 is 0. The molecule has 8 nitrogen and oxygen atoms in total. The highest BCUT2D eigenvalue weighted by Gasteiger charge is 2.19. The van der Waals surface area contributed by atoms with Crippen molar-refractivity contribution < 1.29 is 9.53 Å². The number of H-pyrrole nitrogens is 1. The molecule has 0 saturated heterocycles. The number of fused-ring (bicyclic) bond motifs is 3. The number of esters is 1. The molecule has 0 aliphatic carbocycles. The molecule has 1 aliphatic heterocycles. The molecular weight excluding hydrogens is 420 g/mol. The Morgan fingerprint density at radius 3 is 2.70 bits per heavy atom. The molecule has 2 aromatic heterocycles. The molecule has 168 valence electrons. The van der Waals surface area contributed by atoms with Gasteiger partial charge in [0.25, 0.3) is 11.1 Å². The third-order valence-electron chi connectivity index (χ3n) is 6.10. The predicted molar refractivity (Wildman–Crippen MR) is 124 cm³/mol. The molecule has 3 heterocycles. The number of aromatic nitrogens is 4. The van der Waals surface area contributed by atoms with E-state index in [2.05, 4.69) is 9.97 Å². The van der Waals surface area contributed by atoms with Crippen LogP contribution in [0.1, 0.15) is 60.7 Å². The lowest BCUT2D eigenvalue weighted by molar-refractivity contribution is 0.0320. The van der Waals surface area contributed by atoms with Crippen LogP contribution in [0.2, 0.25) is 0 Å². The number of carbonyl (C=O) groups is 1. The van der Waals surface area contributed by atoms with E-state index >= 15 is 0 Å². The van der Waals surface area contributed by atoms with Crippen LogP contribution in [0.5, 0.6) is 0 Å². The quantitative estimate of drug-likeness (QED) is 0.483. The molecule has 0 fully saturated rings. The summed E-state index contributed by atoms with van der Waals surface area (Å²) in [4.78, 5) is 50.0. The Hall–Kier alpha value is -3.81. The number of rotatable bonds is 3. The van der Waals surface area contributed by atoms with Gasteiger partial charge in [-0.15, -0.1) is 0 Å². The lowest BCUT2D eigenvalue weighted by Crippen LogP contribution is -2.26. The van der Waals surface area contributed by atoms with Gasteiger partial charge in [0, 0.05) is 13.0 Å². The maximum atomic E-state index is 13.0. The highest BCUT2D eigenvalue weighted by Crippen LogP contribution is 2.20. The van der Waals surface area contributed by atoms with Crippen molar-refractivity contribution in [3.63, 3.8) is 0 Å². The molecule has 0 amide bonds. The topological polar surface area (TPSA) is 107 Å². The van der Waals surface area contributed by atoms with Crippen LogP contribution in [0.3, 0.4) is 0 Å². The average molecular weight is 444 g/mol. The summed E-state index contributed by atoms with van der Waals surface area (Å²) in [7, 11) is 0. The van der Waals surface area contributed by atoms with E-state index in [4.69, 9.17) is 9.72 Å². The summed E-state index contributed by atoms with van der Waals surface area (Å²) in [5, 5.41) is 0.964. The molecule has 33 heavy (non-hydrogen) atoms. The number of carbonyl (C=O) groups excluding carboxylic acids is 1. The number of aromatic amines is 1. The fourth-order valence-corrected chi connectivity index (χ4v) is 4.30. The molecule has 0 spiro atoms. The van der Waals surface area contributed by atoms with Gasteiger partial charge in [0.15, 0.2) is 11.9 Å². The number of ether oxygens (including phenoxy) is 1. The number of aryl methyl sites for hydroxylation is 1. The maximum Gasteiger partial charge on any atom is 0.338 e. The highest BCUT2D eigenvalue weighted by molar-refractivity contribution is 5.94. The molecule has 5 rings (SSSR count). The Morgan fingerprint density at radius 2 is 1.82 bits per heavy atom. The zero-order chi connectivity index (χ0) is 22.9. The lowest BCUT2D eigenvalue weighted by Gasteiger charge is -2.17. The SMILES string of the molecule is CC(OC(=O)c1ccc2c(=O)n3c(nc2c1)CCCCCC3)c1nc2ccccc2c(=O)[nH]1. The number of nitrogens with one attached hydrogen (secondary N) is 1. The molecule has 0 radical (unpaired) electrons. The van der Waals surface area contributed by atoms with Crippen LogP contribution in [-0.4, -0.2) is 25.5 Å². The van der Waals surface area contributed by atoms with Gasteiger partial charge in [-0.2, -0.15) is 0 Å². The first-order valence-electron chi connectivity index (χ1n) is 11.2. The summed E-state index contributed by atoms with van der Waals surface area (Å²) in [5.41, 5.74) is 0.964. The van der Waals surface area contributed by atoms with Crippen LogP contribution in [-0.2, 0) is 17.7 Å². The van der Waals surface area contributed by atoms with E-state index < -0.39 is 12.1 Å². The first-order chi connectivity index (χ1) is 16.0. The predicted octanol–water partition coefficient (Wildman–Crippen LogP) is 3.67. The molecule has 1 unspecified atom stereocenters. The zero-order valence-electron chi connectivity index (χ0n) is 18.3. The summed E-state index contributed by atoms with van der Waals surface area (Å²) in [6.07, 6.45) is 4.19. The normalized spacial score (nSPS) is 14.9. The molecular formula is C25H24N4O4. The number of hydrogen-bond donors (Lipinski definition) is 1. The van der Waals surface area contributed by atoms with Gasteiger partial charge >= 0.3 is 5.97 Å². The van der Waals surface area contributed by atoms with Crippen molar-refractivity contribution in [3.05, 3.63) is 80.4 Å². The number of nitrogens with zero attached hydrogens (tertiary/aromatic N) is 3. The second-order valence-corrected chi connectivity index (χ2v) is 8.40. The number of benzene rings is 2. The minimum atomic E-state index is -0.764. The molecule has 1 N–H and O–H groups in total. The van der Waals surface area contributed by atoms with Gasteiger partial charge in [-0.1, -0.05) is 25.0 Å². The largest absolute Gasteiger partial charge is 0.451 e. The second kappa shape index (κ2) is 8.61. The highest BCUT2D eigenvalue weighted by atomic mass is 16.5. The maximum absolute atomic E-state index is 13.0. The molecule has 4 aromatic rings. The van der Waals surface area contributed by atoms with E-state index in [1.165, 1.54) is 0 Å². The van der Waals surface area contributed by atoms with Crippen LogP contribution in [0, 0.1) is 0 Å². The number of hydrogen-bond acceptors (Lipinski definition) is 6. The summed E-state index contributed by atoms with van der Waals surface area (Å²) in [6, 6.07) is 11.8. The molecule has 0 saturated carbocycles. The third kappa shape index (κ3) is 4.04. The monoisotopic (exact) mass is 444 g/mol. The van der Waals surface area contributed by atoms with Crippen molar-refractivity contribution in [2.75, 3.05) is 0 Å². The third-order valence-corrected chi connectivity index (χ3v) is 6.10. The van der Waals surface area contributed by atoms with Gasteiger partial charge < -0.3 is 9.72 Å². The lowest BCUT2D eigenvalue weighted by atomic mass is 10.1. The van der Waals surface area contributed by atoms with Crippen LogP contribution in [0.15, 0.2) is 52.1 Å². The zero-order valence-corrected chi connectivity index (χ0v) is 18.3. The van der Waals surface area contributed by atoms with Gasteiger partial charge in [-0.25, -0.2) is 14.8 Å². The molecule has 8 heteroatoms. The van der Waals surface area contributed by atoms with Crippen LogP contribution >= 0.6 is 0 Å². The van der Waals surface area contributed by atoms with Gasteiger partial charge in [-0.05, 0) is 50.1 Å². The van der Waals surface area contributed by atoms with Gasteiger partial charge in [-0.3, -0.25) is 14.2 Å². The fourth-order valence-electron chi connectivity index (χ4n) is 4.30. The van der Waals surface area contributed by atoms with Crippen molar-refractivity contribution in [3.8, 4) is 0 Å². The van der Waals surface area contributed by atoms with Crippen molar-refractivity contribution in [1.82, 2.24) is 19.5 Å². The molecule has 0 bridgehead atoms. The van der Waals surface area contributed by atoms with Crippen LogP contribution in [0.25, 0.3) is 21.8 Å². The first kappa shape index (κ1) is 21.1. The van der Waals surface area contributed by atoms with Gasteiger partial charge in [0.05, 0.1) is 27.4 Å². The van der Waals surface area contributed by atoms with Gasteiger partial charge in [0.1, 0.15) is 5.82 Å². The minimum absolute atomic E-state index is 0.0666. The Labute approximate surface area is 189 Å². The molecule has 2 aromatic carbocycles. The van der Waals surface area contributed by atoms with E-state index in [1.54, 1.807) is 54.0 Å². The molecule has 1 atom stereocenters. The first-order valence-corrected chi connectivity index (χ1v) is 11.2. The minimum Gasteiger partial charge on any atom is -0.451 e.